The standard InChI is InChI=1S/C21H19ClO7S/c1-25-12-5-6-13-17(9-12)30-20(18(13)22)21(24)29-10-14(23)11-7-15(26-2)19(28-4)16(8-11)27-3/h5-9H,10H2,1-4H3. The molecule has 2 aromatic carbocycles. The molecule has 7 nitrogen and oxygen atoms in total. The maximum atomic E-state index is 12.6. The summed E-state index contributed by atoms with van der Waals surface area (Å²) in [5, 5.41) is 0.994. The zero-order valence-electron chi connectivity index (χ0n) is 16.7. The second kappa shape index (κ2) is 9.23. The van der Waals surface area contributed by atoms with Crippen molar-refractivity contribution in [2.75, 3.05) is 35.0 Å². The second-order valence-electron chi connectivity index (χ2n) is 6.02. The molecule has 3 rings (SSSR count). The monoisotopic (exact) mass is 450 g/mol. The summed E-state index contributed by atoms with van der Waals surface area (Å²) in [6.45, 7) is -0.467. The zero-order valence-corrected chi connectivity index (χ0v) is 18.3. The van der Waals surface area contributed by atoms with Crippen molar-refractivity contribution in [1.82, 2.24) is 0 Å². The predicted molar refractivity (Wildman–Crippen MR) is 114 cm³/mol. The molecule has 0 radical (unpaired) electrons. The van der Waals surface area contributed by atoms with Gasteiger partial charge in [-0.25, -0.2) is 4.79 Å². The summed E-state index contributed by atoms with van der Waals surface area (Å²) < 4.78 is 26.9. The molecule has 1 aromatic heterocycles. The highest BCUT2D eigenvalue weighted by molar-refractivity contribution is 7.21. The van der Waals surface area contributed by atoms with Crippen LogP contribution in [0.2, 0.25) is 5.02 Å². The molecule has 30 heavy (non-hydrogen) atoms. The predicted octanol–water partition coefficient (Wildman–Crippen LogP) is 4.63. The Labute approximate surface area is 182 Å². The van der Waals surface area contributed by atoms with E-state index in [2.05, 4.69) is 0 Å². The van der Waals surface area contributed by atoms with Crippen molar-refractivity contribution in [3.63, 3.8) is 0 Å². The Kier molecular flexibility index (Phi) is 6.69. The normalized spacial score (nSPS) is 10.6. The molecule has 3 aromatic rings. The maximum absolute atomic E-state index is 12.6. The minimum Gasteiger partial charge on any atom is -0.497 e. The molecule has 0 aliphatic heterocycles. The van der Waals surface area contributed by atoms with E-state index in [0.29, 0.717) is 28.4 Å². The number of thiophene rings is 1. The Morgan fingerprint density at radius 1 is 0.933 bits per heavy atom. The third-order valence-corrected chi connectivity index (χ3v) is 5.98. The highest BCUT2D eigenvalue weighted by atomic mass is 35.5. The van der Waals surface area contributed by atoms with E-state index in [9.17, 15) is 9.59 Å². The van der Waals surface area contributed by atoms with Gasteiger partial charge in [0.1, 0.15) is 10.6 Å². The number of carbonyl (C=O) groups is 2. The molecule has 1 heterocycles. The summed E-state index contributed by atoms with van der Waals surface area (Å²) in [6.07, 6.45) is 0. The summed E-state index contributed by atoms with van der Waals surface area (Å²) in [5.74, 6) is 0.558. The second-order valence-corrected chi connectivity index (χ2v) is 7.45. The first kappa shape index (κ1) is 21.7. The average molecular weight is 451 g/mol. The Hall–Kier alpha value is -2.97. The van der Waals surface area contributed by atoms with Crippen LogP contribution >= 0.6 is 22.9 Å². The zero-order chi connectivity index (χ0) is 21.8. The van der Waals surface area contributed by atoms with Crippen LogP contribution in [0.25, 0.3) is 10.1 Å². The molecule has 0 fully saturated rings. The van der Waals surface area contributed by atoms with Crippen LogP contribution in [-0.4, -0.2) is 46.8 Å². The van der Waals surface area contributed by atoms with Crippen molar-refractivity contribution in [3.05, 3.63) is 45.8 Å². The topological polar surface area (TPSA) is 80.3 Å². The van der Waals surface area contributed by atoms with Gasteiger partial charge in [0, 0.05) is 15.6 Å². The first-order valence-corrected chi connectivity index (χ1v) is 9.89. The molecule has 0 saturated carbocycles. The summed E-state index contributed by atoms with van der Waals surface area (Å²) >= 11 is 7.50. The van der Waals surface area contributed by atoms with Gasteiger partial charge in [-0.1, -0.05) is 11.6 Å². The van der Waals surface area contributed by atoms with Crippen molar-refractivity contribution in [2.45, 2.75) is 0 Å². The van der Waals surface area contributed by atoms with Gasteiger partial charge in [-0.15, -0.1) is 11.3 Å². The lowest BCUT2D eigenvalue weighted by Gasteiger charge is -2.13. The number of ether oxygens (including phenoxy) is 5. The smallest absolute Gasteiger partial charge is 0.350 e. The summed E-state index contributed by atoms with van der Waals surface area (Å²) in [4.78, 5) is 25.3. The number of hydrogen-bond donors (Lipinski definition) is 0. The quantitative estimate of drug-likeness (QED) is 0.365. The fourth-order valence-electron chi connectivity index (χ4n) is 2.83. The summed E-state index contributed by atoms with van der Waals surface area (Å²) in [6, 6.07) is 8.30. The molecule has 9 heteroatoms. The fraction of sp³-hybridized carbons (Fsp3) is 0.238. The summed E-state index contributed by atoms with van der Waals surface area (Å²) in [7, 11) is 5.92. The lowest BCUT2D eigenvalue weighted by atomic mass is 10.1. The lowest BCUT2D eigenvalue weighted by molar-refractivity contribution is 0.0479. The highest BCUT2D eigenvalue weighted by Crippen LogP contribution is 2.39. The molecule has 0 aliphatic carbocycles. The van der Waals surface area contributed by atoms with E-state index in [1.54, 1.807) is 25.3 Å². The van der Waals surface area contributed by atoms with Crippen LogP contribution in [0.5, 0.6) is 23.0 Å². The van der Waals surface area contributed by atoms with E-state index in [0.717, 1.165) is 4.70 Å². The van der Waals surface area contributed by atoms with Crippen LogP contribution in [-0.2, 0) is 4.74 Å². The Morgan fingerprint density at radius 2 is 1.60 bits per heavy atom. The van der Waals surface area contributed by atoms with Crippen molar-refractivity contribution >= 4 is 44.8 Å². The Morgan fingerprint density at radius 3 is 2.17 bits per heavy atom. The summed E-state index contributed by atoms with van der Waals surface area (Å²) in [5.41, 5.74) is 0.254. The van der Waals surface area contributed by atoms with E-state index >= 15 is 0 Å². The third kappa shape index (κ3) is 4.15. The van der Waals surface area contributed by atoms with Crippen LogP contribution in [0.1, 0.15) is 20.0 Å². The molecule has 0 unspecified atom stereocenters. The Bertz CT molecular complexity index is 1080. The molecule has 0 saturated heterocycles. The van der Waals surface area contributed by atoms with Gasteiger partial charge in [0.05, 0.1) is 33.5 Å². The maximum Gasteiger partial charge on any atom is 0.350 e. The highest BCUT2D eigenvalue weighted by Gasteiger charge is 2.22. The van der Waals surface area contributed by atoms with Crippen molar-refractivity contribution in [1.29, 1.82) is 0 Å². The number of rotatable bonds is 8. The first-order chi connectivity index (χ1) is 14.4. The van der Waals surface area contributed by atoms with Gasteiger partial charge in [0.2, 0.25) is 11.5 Å². The number of esters is 1. The third-order valence-electron chi connectivity index (χ3n) is 4.34. The van der Waals surface area contributed by atoms with Crippen LogP contribution < -0.4 is 18.9 Å². The minimum absolute atomic E-state index is 0.220. The Balaban J connectivity index is 1.79. The minimum atomic E-state index is -0.680. The lowest BCUT2D eigenvalue weighted by Crippen LogP contribution is -2.14. The fourth-order valence-corrected chi connectivity index (χ4v) is 4.26. The van der Waals surface area contributed by atoms with E-state index in [-0.39, 0.29) is 15.5 Å². The molecule has 158 valence electrons. The molecule has 0 amide bonds. The SMILES string of the molecule is COc1ccc2c(Cl)c(C(=O)OCC(=O)c3cc(OC)c(OC)c(OC)c3)sc2c1. The van der Waals surface area contributed by atoms with Gasteiger partial charge < -0.3 is 23.7 Å². The van der Waals surface area contributed by atoms with Gasteiger partial charge in [0.15, 0.2) is 18.1 Å². The van der Waals surface area contributed by atoms with Gasteiger partial charge in [-0.2, -0.15) is 0 Å². The number of methoxy groups -OCH3 is 4. The molecule has 0 aliphatic rings. The van der Waals surface area contributed by atoms with E-state index in [1.165, 1.54) is 44.8 Å². The van der Waals surface area contributed by atoms with Gasteiger partial charge in [-0.05, 0) is 30.3 Å². The van der Waals surface area contributed by atoms with Crippen molar-refractivity contribution in [2.24, 2.45) is 0 Å². The average Bonchev–Trinajstić information content (AvgIpc) is 3.11. The molecule has 0 N–H and O–H groups in total. The van der Waals surface area contributed by atoms with E-state index in [4.69, 9.17) is 35.3 Å². The molecular formula is C21H19ClO7S. The first-order valence-electron chi connectivity index (χ1n) is 8.69. The largest absolute Gasteiger partial charge is 0.497 e. The molecule has 0 spiro atoms. The number of ketones is 1. The molecule has 0 atom stereocenters. The van der Waals surface area contributed by atoms with Crippen LogP contribution in [0.4, 0.5) is 0 Å². The number of benzene rings is 2. The van der Waals surface area contributed by atoms with Crippen LogP contribution in [0.15, 0.2) is 30.3 Å². The number of fused-ring (bicyclic) bond motifs is 1. The number of Topliss-reactive ketones (excluding diaryl/α,β-unsaturated/α-hetero) is 1. The van der Waals surface area contributed by atoms with Crippen LogP contribution in [0.3, 0.4) is 0 Å². The van der Waals surface area contributed by atoms with Gasteiger partial charge >= 0.3 is 5.97 Å². The van der Waals surface area contributed by atoms with Gasteiger partial charge in [0.25, 0.3) is 0 Å². The number of halogens is 1. The van der Waals surface area contributed by atoms with Gasteiger partial charge in [-0.3, -0.25) is 4.79 Å². The molecular weight excluding hydrogens is 432 g/mol. The molecule has 0 bridgehead atoms. The number of carbonyl (C=O) groups excluding carboxylic acids is 2. The van der Waals surface area contributed by atoms with Crippen LogP contribution in [0, 0.1) is 0 Å². The van der Waals surface area contributed by atoms with E-state index < -0.39 is 18.4 Å². The number of hydrogen-bond acceptors (Lipinski definition) is 8. The van der Waals surface area contributed by atoms with Crippen molar-refractivity contribution in [3.8, 4) is 23.0 Å². The van der Waals surface area contributed by atoms with Crippen molar-refractivity contribution < 1.29 is 33.3 Å². The van der Waals surface area contributed by atoms with E-state index in [1.807, 2.05) is 0 Å².